The van der Waals surface area contributed by atoms with Crippen molar-refractivity contribution in [3.8, 4) is 0 Å². The first-order chi connectivity index (χ1) is 10.0. The Morgan fingerprint density at radius 1 is 1.38 bits per heavy atom. The molecule has 1 aromatic carbocycles. The zero-order valence-corrected chi connectivity index (χ0v) is 12.5. The molecule has 0 aliphatic carbocycles. The average molecular weight is 316 g/mol. The Morgan fingerprint density at radius 3 is 2.71 bits per heavy atom. The van der Waals surface area contributed by atoms with E-state index in [-0.39, 0.29) is 24.9 Å². The molecule has 0 unspecified atom stereocenters. The van der Waals surface area contributed by atoms with Crippen LogP contribution in [0.4, 0.5) is 4.39 Å². The van der Waals surface area contributed by atoms with Crippen molar-refractivity contribution in [2.45, 2.75) is 31.9 Å². The van der Waals surface area contributed by atoms with E-state index in [1.165, 1.54) is 12.1 Å². The fraction of sp³-hybridized carbons (Fsp3) is 0.533. The maximum absolute atomic E-state index is 13.3. The van der Waals surface area contributed by atoms with Crippen molar-refractivity contribution in [2.75, 3.05) is 19.7 Å². The number of hydrogen-bond donors (Lipinski definition) is 1. The lowest BCUT2D eigenvalue weighted by molar-refractivity contribution is -0.138. The molecule has 0 aromatic heterocycles. The molecular formula is C15H19ClFNO3. The molecule has 0 bridgehead atoms. The van der Waals surface area contributed by atoms with Crippen LogP contribution in [0.1, 0.15) is 24.8 Å². The fourth-order valence-electron chi connectivity index (χ4n) is 2.51. The van der Waals surface area contributed by atoms with Crippen molar-refractivity contribution in [3.63, 3.8) is 0 Å². The molecular weight excluding hydrogens is 297 g/mol. The number of hydrogen-bond acceptors (Lipinski definition) is 3. The van der Waals surface area contributed by atoms with Crippen LogP contribution >= 0.6 is 11.6 Å². The molecule has 0 saturated carbocycles. The van der Waals surface area contributed by atoms with Gasteiger partial charge in [-0.1, -0.05) is 11.6 Å². The summed E-state index contributed by atoms with van der Waals surface area (Å²) in [5, 5.41) is 8.98. The average Bonchev–Trinajstić information content (AvgIpc) is 2.39. The minimum atomic E-state index is -0.838. The van der Waals surface area contributed by atoms with E-state index in [2.05, 4.69) is 4.90 Å². The molecule has 1 aliphatic rings. The van der Waals surface area contributed by atoms with Gasteiger partial charge in [0.05, 0.1) is 19.1 Å². The molecule has 1 saturated heterocycles. The number of benzene rings is 1. The molecule has 0 atom stereocenters. The zero-order valence-electron chi connectivity index (χ0n) is 11.7. The molecule has 1 N–H and O–H groups in total. The number of aliphatic carboxylic acids is 1. The third-order valence-electron chi connectivity index (χ3n) is 3.53. The van der Waals surface area contributed by atoms with E-state index in [1.807, 2.05) is 0 Å². The minimum absolute atomic E-state index is 0.0437. The fourth-order valence-corrected chi connectivity index (χ4v) is 2.75. The van der Waals surface area contributed by atoms with Gasteiger partial charge < -0.3 is 9.84 Å². The maximum atomic E-state index is 13.3. The molecule has 0 spiro atoms. The van der Waals surface area contributed by atoms with Crippen LogP contribution < -0.4 is 0 Å². The highest BCUT2D eigenvalue weighted by atomic mass is 35.5. The van der Waals surface area contributed by atoms with Gasteiger partial charge in [0, 0.05) is 24.7 Å². The smallest absolute Gasteiger partial charge is 0.305 e. The number of carbonyl (C=O) groups is 1. The summed E-state index contributed by atoms with van der Waals surface area (Å²) in [6.45, 7) is 2.64. The Kier molecular flexibility index (Phi) is 5.96. The van der Waals surface area contributed by atoms with Gasteiger partial charge in [0.2, 0.25) is 0 Å². The van der Waals surface area contributed by atoms with Crippen molar-refractivity contribution in [2.24, 2.45) is 0 Å². The van der Waals surface area contributed by atoms with Crippen LogP contribution in [0, 0.1) is 5.82 Å². The largest absolute Gasteiger partial charge is 0.481 e. The van der Waals surface area contributed by atoms with Gasteiger partial charge in [-0.25, -0.2) is 4.39 Å². The second kappa shape index (κ2) is 7.73. The lowest BCUT2D eigenvalue weighted by Crippen LogP contribution is -2.36. The first-order valence-corrected chi connectivity index (χ1v) is 7.41. The molecule has 4 nitrogen and oxygen atoms in total. The molecule has 2 rings (SSSR count). The predicted molar refractivity (Wildman–Crippen MR) is 77.9 cm³/mol. The maximum Gasteiger partial charge on any atom is 0.305 e. The summed E-state index contributed by atoms with van der Waals surface area (Å²) in [5.74, 6) is -1.15. The van der Waals surface area contributed by atoms with Gasteiger partial charge in [0.25, 0.3) is 0 Å². The molecule has 6 heteroatoms. The van der Waals surface area contributed by atoms with Crippen molar-refractivity contribution < 1.29 is 19.0 Å². The summed E-state index contributed by atoms with van der Waals surface area (Å²) < 4.78 is 18.8. The summed E-state index contributed by atoms with van der Waals surface area (Å²) in [5.41, 5.74) is 0.866. The topological polar surface area (TPSA) is 49.8 Å². The van der Waals surface area contributed by atoms with Crippen molar-refractivity contribution in [3.05, 3.63) is 34.6 Å². The van der Waals surface area contributed by atoms with E-state index in [0.717, 1.165) is 31.5 Å². The third-order valence-corrected chi connectivity index (χ3v) is 3.75. The van der Waals surface area contributed by atoms with Crippen molar-refractivity contribution >= 4 is 17.6 Å². The summed E-state index contributed by atoms with van der Waals surface area (Å²) in [6.07, 6.45) is 1.89. The van der Waals surface area contributed by atoms with Crippen LogP contribution in [0.25, 0.3) is 0 Å². The SMILES string of the molecule is O=C(O)CCOC1CCN(Cc2cc(F)cc(Cl)c2)CC1. The summed E-state index contributed by atoms with van der Waals surface area (Å²) in [4.78, 5) is 12.6. The monoisotopic (exact) mass is 315 g/mol. The minimum Gasteiger partial charge on any atom is -0.481 e. The highest BCUT2D eigenvalue weighted by Crippen LogP contribution is 2.19. The van der Waals surface area contributed by atoms with E-state index < -0.39 is 5.97 Å². The van der Waals surface area contributed by atoms with Crippen LogP contribution in [0.3, 0.4) is 0 Å². The van der Waals surface area contributed by atoms with Crippen molar-refractivity contribution in [1.29, 1.82) is 0 Å². The number of piperidine rings is 1. The Hall–Kier alpha value is -1.17. The second-order valence-electron chi connectivity index (χ2n) is 5.27. The summed E-state index contributed by atoms with van der Waals surface area (Å²) in [6, 6.07) is 4.58. The van der Waals surface area contributed by atoms with Gasteiger partial charge in [-0.3, -0.25) is 9.69 Å². The Balaban J connectivity index is 1.75. The first-order valence-electron chi connectivity index (χ1n) is 7.03. The number of rotatable bonds is 6. The zero-order chi connectivity index (χ0) is 15.2. The van der Waals surface area contributed by atoms with Crippen LogP contribution in [0.2, 0.25) is 5.02 Å². The highest BCUT2D eigenvalue weighted by Gasteiger charge is 2.20. The molecule has 0 radical (unpaired) electrons. The van der Waals surface area contributed by atoms with Gasteiger partial charge in [-0.2, -0.15) is 0 Å². The number of carboxylic acid groups (broad SMARTS) is 1. The predicted octanol–water partition coefficient (Wildman–Crippen LogP) is 2.93. The number of likely N-dealkylation sites (tertiary alicyclic amines) is 1. The number of nitrogens with zero attached hydrogens (tertiary/aromatic N) is 1. The van der Waals surface area contributed by atoms with E-state index in [0.29, 0.717) is 11.6 Å². The van der Waals surface area contributed by atoms with Crippen LogP contribution in [0.5, 0.6) is 0 Å². The third kappa shape index (κ3) is 5.61. The molecule has 116 valence electrons. The lowest BCUT2D eigenvalue weighted by Gasteiger charge is -2.31. The van der Waals surface area contributed by atoms with Gasteiger partial charge in [-0.15, -0.1) is 0 Å². The van der Waals surface area contributed by atoms with Crippen LogP contribution in [-0.4, -0.2) is 41.8 Å². The molecule has 1 fully saturated rings. The number of carboxylic acids is 1. The molecule has 0 amide bonds. The molecule has 1 aliphatic heterocycles. The molecule has 1 aromatic rings. The quantitative estimate of drug-likeness (QED) is 0.877. The van der Waals surface area contributed by atoms with Crippen LogP contribution in [-0.2, 0) is 16.1 Å². The Bertz CT molecular complexity index is 470. The normalized spacial score (nSPS) is 17.0. The second-order valence-corrected chi connectivity index (χ2v) is 5.70. The van der Waals surface area contributed by atoms with Crippen LogP contribution in [0.15, 0.2) is 18.2 Å². The summed E-state index contributed by atoms with van der Waals surface area (Å²) in [7, 11) is 0. The Labute approximate surface area is 128 Å². The molecule has 1 heterocycles. The first kappa shape index (κ1) is 16.2. The number of halogens is 2. The summed E-state index contributed by atoms with van der Waals surface area (Å²) >= 11 is 5.85. The lowest BCUT2D eigenvalue weighted by atomic mass is 10.1. The van der Waals surface area contributed by atoms with Gasteiger partial charge in [0.1, 0.15) is 5.82 Å². The van der Waals surface area contributed by atoms with Crippen molar-refractivity contribution in [1.82, 2.24) is 4.90 Å². The van der Waals surface area contributed by atoms with E-state index >= 15 is 0 Å². The van der Waals surface area contributed by atoms with E-state index in [4.69, 9.17) is 21.4 Å². The van der Waals surface area contributed by atoms with Gasteiger partial charge >= 0.3 is 5.97 Å². The van der Waals surface area contributed by atoms with Gasteiger partial charge in [0.15, 0.2) is 0 Å². The highest BCUT2D eigenvalue weighted by molar-refractivity contribution is 6.30. The van der Waals surface area contributed by atoms with Gasteiger partial charge in [-0.05, 0) is 36.6 Å². The number of ether oxygens (including phenoxy) is 1. The van der Waals surface area contributed by atoms with E-state index in [9.17, 15) is 9.18 Å². The molecule has 21 heavy (non-hydrogen) atoms. The Morgan fingerprint density at radius 2 is 2.10 bits per heavy atom. The van der Waals surface area contributed by atoms with E-state index in [1.54, 1.807) is 6.07 Å². The standard InChI is InChI=1S/C15H19ClFNO3/c16-12-7-11(8-13(17)9-12)10-18-4-1-14(2-5-18)21-6-3-15(19)20/h7-9,14H,1-6,10H2,(H,19,20).